The third-order valence-corrected chi connectivity index (χ3v) is 3.97. The Kier molecular flexibility index (Phi) is 5.92. The van der Waals surface area contributed by atoms with Crippen LogP contribution in [0.25, 0.3) is 0 Å². The van der Waals surface area contributed by atoms with E-state index < -0.39 is 0 Å². The van der Waals surface area contributed by atoms with Gasteiger partial charge in [-0.15, -0.1) is 0 Å². The van der Waals surface area contributed by atoms with E-state index in [1.54, 1.807) is 7.11 Å². The van der Waals surface area contributed by atoms with E-state index in [1.807, 2.05) is 36.4 Å². The van der Waals surface area contributed by atoms with Gasteiger partial charge in [-0.3, -0.25) is 0 Å². The largest absolute Gasteiger partial charge is 0.496 e. The fraction of sp³-hybridized carbons (Fsp3) is 0.294. The highest BCUT2D eigenvalue weighted by Crippen LogP contribution is 2.23. The summed E-state index contributed by atoms with van der Waals surface area (Å²) in [6.45, 7) is 2.84. The second kappa shape index (κ2) is 7.69. The summed E-state index contributed by atoms with van der Waals surface area (Å²) in [7, 11) is 1.67. The molecule has 0 fully saturated rings. The highest BCUT2D eigenvalue weighted by Gasteiger charge is 2.08. The van der Waals surface area contributed by atoms with E-state index in [0.29, 0.717) is 17.6 Å². The standard InChI is InChI=1S/C17H19Cl2NO/c1-12(9-13-5-3-4-6-16(13)19)20-11-14-10-15(18)7-8-17(14)21-2/h3-8,10,12,20H,9,11H2,1-2H3. The fourth-order valence-corrected chi connectivity index (χ4v) is 2.64. The Hall–Kier alpha value is -1.22. The van der Waals surface area contributed by atoms with Crippen LogP contribution in [-0.4, -0.2) is 13.2 Å². The average molecular weight is 324 g/mol. The smallest absolute Gasteiger partial charge is 0.123 e. The van der Waals surface area contributed by atoms with Gasteiger partial charge in [-0.2, -0.15) is 0 Å². The van der Waals surface area contributed by atoms with Crippen molar-refractivity contribution in [1.82, 2.24) is 5.32 Å². The van der Waals surface area contributed by atoms with Crippen LogP contribution >= 0.6 is 23.2 Å². The van der Waals surface area contributed by atoms with E-state index in [0.717, 1.165) is 28.3 Å². The number of hydrogen-bond acceptors (Lipinski definition) is 2. The lowest BCUT2D eigenvalue weighted by molar-refractivity contribution is 0.405. The van der Waals surface area contributed by atoms with Crippen LogP contribution in [0.2, 0.25) is 10.0 Å². The first-order valence-corrected chi connectivity index (χ1v) is 7.65. The molecule has 0 bridgehead atoms. The second-order valence-corrected chi connectivity index (χ2v) is 5.88. The first-order valence-electron chi connectivity index (χ1n) is 6.89. The van der Waals surface area contributed by atoms with Crippen LogP contribution in [0.4, 0.5) is 0 Å². The Morgan fingerprint density at radius 3 is 2.57 bits per heavy atom. The van der Waals surface area contributed by atoms with Gasteiger partial charge in [0.15, 0.2) is 0 Å². The predicted molar refractivity (Wildman–Crippen MR) is 89.5 cm³/mol. The lowest BCUT2D eigenvalue weighted by Gasteiger charge is -2.16. The highest BCUT2D eigenvalue weighted by atomic mass is 35.5. The highest BCUT2D eigenvalue weighted by molar-refractivity contribution is 6.31. The van der Waals surface area contributed by atoms with E-state index in [4.69, 9.17) is 27.9 Å². The summed E-state index contributed by atoms with van der Waals surface area (Å²) in [5.41, 5.74) is 2.20. The molecule has 112 valence electrons. The fourth-order valence-electron chi connectivity index (χ4n) is 2.24. The number of rotatable bonds is 6. The van der Waals surface area contributed by atoms with Gasteiger partial charge in [0.1, 0.15) is 5.75 Å². The number of nitrogens with one attached hydrogen (secondary N) is 1. The molecule has 2 nitrogen and oxygen atoms in total. The lowest BCUT2D eigenvalue weighted by Crippen LogP contribution is -2.27. The number of benzene rings is 2. The Labute approximate surface area is 136 Å². The van der Waals surface area contributed by atoms with Gasteiger partial charge < -0.3 is 10.1 Å². The van der Waals surface area contributed by atoms with Crippen molar-refractivity contribution in [2.45, 2.75) is 25.9 Å². The van der Waals surface area contributed by atoms with E-state index in [9.17, 15) is 0 Å². The van der Waals surface area contributed by atoms with Crippen molar-refractivity contribution in [2.24, 2.45) is 0 Å². The molecule has 0 aromatic heterocycles. The minimum atomic E-state index is 0.300. The van der Waals surface area contributed by atoms with E-state index >= 15 is 0 Å². The van der Waals surface area contributed by atoms with Gasteiger partial charge in [-0.25, -0.2) is 0 Å². The van der Waals surface area contributed by atoms with Gasteiger partial charge in [-0.05, 0) is 43.2 Å². The van der Waals surface area contributed by atoms with Gasteiger partial charge >= 0.3 is 0 Å². The van der Waals surface area contributed by atoms with Gasteiger partial charge in [0, 0.05) is 28.2 Å². The van der Waals surface area contributed by atoms with Gasteiger partial charge in [0.05, 0.1) is 7.11 Å². The van der Waals surface area contributed by atoms with Crippen molar-refractivity contribution >= 4 is 23.2 Å². The minimum Gasteiger partial charge on any atom is -0.496 e. The number of methoxy groups -OCH3 is 1. The molecule has 0 saturated heterocycles. The molecule has 1 N–H and O–H groups in total. The number of halogens is 2. The molecule has 0 aliphatic rings. The Morgan fingerprint density at radius 1 is 1.10 bits per heavy atom. The monoisotopic (exact) mass is 323 g/mol. The van der Waals surface area contributed by atoms with Gasteiger partial charge in [0.2, 0.25) is 0 Å². The van der Waals surface area contributed by atoms with Gasteiger partial charge in [0.25, 0.3) is 0 Å². The Balaban J connectivity index is 1.97. The third kappa shape index (κ3) is 4.63. The molecule has 4 heteroatoms. The van der Waals surface area contributed by atoms with E-state index in [1.165, 1.54) is 0 Å². The summed E-state index contributed by atoms with van der Waals surface area (Å²) in [4.78, 5) is 0. The van der Waals surface area contributed by atoms with Crippen molar-refractivity contribution < 1.29 is 4.74 Å². The molecular weight excluding hydrogens is 305 g/mol. The van der Waals surface area contributed by atoms with Crippen LogP contribution in [0, 0.1) is 0 Å². The SMILES string of the molecule is COc1ccc(Cl)cc1CNC(C)Cc1ccccc1Cl. The summed E-state index contributed by atoms with van der Waals surface area (Å²) < 4.78 is 5.35. The maximum Gasteiger partial charge on any atom is 0.123 e. The molecule has 0 radical (unpaired) electrons. The Bertz CT molecular complexity index is 601. The molecule has 2 aromatic rings. The topological polar surface area (TPSA) is 21.3 Å². The van der Waals surface area contributed by atoms with Crippen LogP contribution in [-0.2, 0) is 13.0 Å². The number of ether oxygens (including phenoxy) is 1. The Morgan fingerprint density at radius 2 is 1.86 bits per heavy atom. The molecule has 0 heterocycles. The quantitative estimate of drug-likeness (QED) is 0.830. The molecule has 0 aliphatic carbocycles. The molecule has 0 aliphatic heterocycles. The van der Waals surface area contributed by atoms with Crippen molar-refractivity contribution in [3.63, 3.8) is 0 Å². The molecule has 0 saturated carbocycles. The number of hydrogen-bond donors (Lipinski definition) is 1. The maximum atomic E-state index is 6.19. The average Bonchev–Trinajstić information content (AvgIpc) is 2.48. The molecule has 0 spiro atoms. The van der Waals surface area contributed by atoms with Crippen molar-refractivity contribution in [3.05, 3.63) is 63.6 Å². The molecular formula is C17H19Cl2NO. The second-order valence-electron chi connectivity index (χ2n) is 5.03. The zero-order valence-corrected chi connectivity index (χ0v) is 13.7. The van der Waals surface area contributed by atoms with Crippen LogP contribution in [0.15, 0.2) is 42.5 Å². The third-order valence-electron chi connectivity index (χ3n) is 3.37. The zero-order valence-electron chi connectivity index (χ0n) is 12.2. The van der Waals surface area contributed by atoms with E-state index in [-0.39, 0.29) is 0 Å². The minimum absolute atomic E-state index is 0.300. The maximum absolute atomic E-state index is 6.19. The lowest BCUT2D eigenvalue weighted by atomic mass is 10.1. The molecule has 21 heavy (non-hydrogen) atoms. The van der Waals surface area contributed by atoms with Crippen molar-refractivity contribution in [3.8, 4) is 5.75 Å². The van der Waals surface area contributed by atoms with Crippen molar-refractivity contribution in [2.75, 3.05) is 7.11 Å². The van der Waals surface area contributed by atoms with Crippen LogP contribution in [0.1, 0.15) is 18.1 Å². The normalized spacial score (nSPS) is 12.2. The van der Waals surface area contributed by atoms with Crippen molar-refractivity contribution in [1.29, 1.82) is 0 Å². The molecule has 1 atom stereocenters. The van der Waals surface area contributed by atoms with Gasteiger partial charge in [-0.1, -0.05) is 41.4 Å². The van der Waals surface area contributed by atoms with Crippen LogP contribution in [0.3, 0.4) is 0 Å². The molecule has 0 amide bonds. The summed E-state index contributed by atoms with van der Waals surface area (Å²) in [6, 6.07) is 13.9. The molecule has 2 aromatic carbocycles. The summed E-state index contributed by atoms with van der Waals surface area (Å²) in [6.07, 6.45) is 0.878. The summed E-state index contributed by atoms with van der Waals surface area (Å²) in [5.74, 6) is 0.844. The van der Waals surface area contributed by atoms with E-state index in [2.05, 4.69) is 18.3 Å². The molecule has 1 unspecified atom stereocenters. The predicted octanol–water partition coefficient (Wildman–Crippen LogP) is 4.72. The first-order chi connectivity index (χ1) is 10.1. The first kappa shape index (κ1) is 16.2. The zero-order chi connectivity index (χ0) is 15.2. The molecule has 2 rings (SSSR count). The van der Waals surface area contributed by atoms with Crippen LogP contribution in [0.5, 0.6) is 5.75 Å². The summed E-state index contributed by atoms with van der Waals surface area (Å²) >= 11 is 12.2. The van der Waals surface area contributed by atoms with Crippen LogP contribution < -0.4 is 10.1 Å². The summed E-state index contributed by atoms with van der Waals surface area (Å²) in [5, 5.41) is 5.01.